The van der Waals surface area contributed by atoms with Crippen molar-refractivity contribution in [3.8, 4) is 0 Å². The Morgan fingerprint density at radius 3 is 2.20 bits per heavy atom. The van der Waals surface area contributed by atoms with Gasteiger partial charge in [-0.2, -0.15) is 0 Å². The van der Waals surface area contributed by atoms with Gasteiger partial charge in [-0.3, -0.25) is 4.79 Å². The Balaban J connectivity index is 1.95. The molecule has 0 fully saturated rings. The summed E-state index contributed by atoms with van der Waals surface area (Å²) in [5.41, 5.74) is 3.75. The second-order valence-electron chi connectivity index (χ2n) is 7.82. The van der Waals surface area contributed by atoms with Crippen molar-refractivity contribution < 1.29 is 4.79 Å². The minimum atomic E-state index is -0.123. The lowest BCUT2D eigenvalue weighted by atomic mass is 9.87. The number of amides is 1. The van der Waals surface area contributed by atoms with Crippen molar-refractivity contribution in [1.82, 2.24) is 10.3 Å². The summed E-state index contributed by atoms with van der Waals surface area (Å²) in [6, 6.07) is 12.0. The highest BCUT2D eigenvalue weighted by atomic mass is 16.1. The van der Waals surface area contributed by atoms with Crippen LogP contribution in [0.15, 0.2) is 42.6 Å². The van der Waals surface area contributed by atoms with Gasteiger partial charge in [0, 0.05) is 12.2 Å². The summed E-state index contributed by atoms with van der Waals surface area (Å²) in [4.78, 5) is 16.3. The molecule has 4 heteroatoms. The molecule has 2 aromatic rings. The topological polar surface area (TPSA) is 54.0 Å². The standard InChI is InChI=1S/C21H29N3O/c1-15(2)12-13-22-20(25)19-11-10-18(14-23-19)24-17-8-6-16(7-9-17)21(3,4)5/h6-11,14-15,24H,12-13H2,1-5H3,(H,22,25). The first-order valence-electron chi connectivity index (χ1n) is 8.87. The predicted octanol–water partition coefficient (Wildman–Crippen LogP) is 4.90. The number of carbonyl (C=O) groups is 1. The predicted molar refractivity (Wildman–Crippen MR) is 104 cm³/mol. The number of hydrogen-bond acceptors (Lipinski definition) is 3. The Labute approximate surface area is 151 Å². The minimum absolute atomic E-state index is 0.123. The Bertz CT molecular complexity index is 683. The van der Waals surface area contributed by atoms with E-state index in [-0.39, 0.29) is 11.3 Å². The van der Waals surface area contributed by atoms with E-state index in [1.807, 2.05) is 6.07 Å². The van der Waals surface area contributed by atoms with Crippen molar-refractivity contribution >= 4 is 17.3 Å². The molecule has 0 unspecified atom stereocenters. The summed E-state index contributed by atoms with van der Waals surface area (Å²) < 4.78 is 0. The van der Waals surface area contributed by atoms with Crippen LogP contribution in [0.3, 0.4) is 0 Å². The van der Waals surface area contributed by atoms with Gasteiger partial charge >= 0.3 is 0 Å². The highest BCUT2D eigenvalue weighted by molar-refractivity contribution is 5.92. The third kappa shape index (κ3) is 5.89. The van der Waals surface area contributed by atoms with Gasteiger partial charge in [0.2, 0.25) is 0 Å². The second-order valence-corrected chi connectivity index (χ2v) is 7.82. The first-order valence-corrected chi connectivity index (χ1v) is 8.87. The van der Waals surface area contributed by atoms with Crippen LogP contribution in [0.1, 0.15) is 57.1 Å². The van der Waals surface area contributed by atoms with E-state index in [0.29, 0.717) is 18.2 Å². The molecule has 25 heavy (non-hydrogen) atoms. The number of rotatable bonds is 6. The van der Waals surface area contributed by atoms with Crippen molar-refractivity contribution in [2.45, 2.75) is 46.5 Å². The van der Waals surface area contributed by atoms with Crippen molar-refractivity contribution in [3.63, 3.8) is 0 Å². The molecule has 2 N–H and O–H groups in total. The maximum absolute atomic E-state index is 12.0. The Hall–Kier alpha value is -2.36. The highest BCUT2D eigenvalue weighted by Crippen LogP contribution is 2.24. The highest BCUT2D eigenvalue weighted by Gasteiger charge is 2.13. The molecule has 0 atom stereocenters. The fourth-order valence-electron chi connectivity index (χ4n) is 2.39. The number of benzene rings is 1. The van der Waals surface area contributed by atoms with Gasteiger partial charge in [0.15, 0.2) is 0 Å². The number of hydrogen-bond donors (Lipinski definition) is 2. The molecule has 1 aromatic carbocycles. The van der Waals surface area contributed by atoms with Crippen LogP contribution < -0.4 is 10.6 Å². The van der Waals surface area contributed by atoms with E-state index in [4.69, 9.17) is 0 Å². The summed E-state index contributed by atoms with van der Waals surface area (Å²) in [5, 5.41) is 6.21. The Kier molecular flexibility index (Phi) is 6.18. The van der Waals surface area contributed by atoms with Crippen LogP contribution in [-0.4, -0.2) is 17.4 Å². The third-order valence-electron chi connectivity index (χ3n) is 4.04. The molecule has 4 nitrogen and oxygen atoms in total. The molecular weight excluding hydrogens is 310 g/mol. The Morgan fingerprint density at radius 2 is 1.68 bits per heavy atom. The molecule has 2 rings (SSSR count). The van der Waals surface area contributed by atoms with E-state index in [1.165, 1.54) is 5.56 Å². The number of aromatic nitrogens is 1. The number of nitrogens with zero attached hydrogens (tertiary/aromatic N) is 1. The molecule has 0 aliphatic heterocycles. The molecular formula is C21H29N3O. The maximum Gasteiger partial charge on any atom is 0.269 e. The van der Waals surface area contributed by atoms with Crippen molar-refractivity contribution in [1.29, 1.82) is 0 Å². The largest absolute Gasteiger partial charge is 0.354 e. The summed E-state index contributed by atoms with van der Waals surface area (Å²) in [7, 11) is 0. The lowest BCUT2D eigenvalue weighted by Gasteiger charge is -2.19. The fourth-order valence-corrected chi connectivity index (χ4v) is 2.39. The molecule has 1 aromatic heterocycles. The van der Waals surface area contributed by atoms with E-state index in [2.05, 4.69) is 74.5 Å². The molecule has 1 amide bonds. The Morgan fingerprint density at radius 1 is 1.04 bits per heavy atom. The van der Waals surface area contributed by atoms with Crippen molar-refractivity contribution in [3.05, 3.63) is 53.9 Å². The summed E-state index contributed by atoms with van der Waals surface area (Å²) in [5.74, 6) is 0.450. The van der Waals surface area contributed by atoms with Crippen LogP contribution in [0.5, 0.6) is 0 Å². The van der Waals surface area contributed by atoms with E-state index < -0.39 is 0 Å². The van der Waals surface area contributed by atoms with Gasteiger partial charge in [0.25, 0.3) is 5.91 Å². The van der Waals surface area contributed by atoms with Crippen LogP contribution in [0.2, 0.25) is 0 Å². The fraction of sp³-hybridized carbons (Fsp3) is 0.429. The molecule has 1 heterocycles. The monoisotopic (exact) mass is 339 g/mol. The lowest BCUT2D eigenvalue weighted by molar-refractivity contribution is 0.0947. The zero-order valence-corrected chi connectivity index (χ0v) is 15.9. The van der Waals surface area contributed by atoms with Crippen LogP contribution in [0.4, 0.5) is 11.4 Å². The van der Waals surface area contributed by atoms with Gasteiger partial charge in [0.05, 0.1) is 11.9 Å². The van der Waals surface area contributed by atoms with Gasteiger partial charge in [-0.15, -0.1) is 0 Å². The molecule has 0 radical (unpaired) electrons. The van der Waals surface area contributed by atoms with Crippen LogP contribution in [-0.2, 0) is 5.41 Å². The van der Waals surface area contributed by atoms with Gasteiger partial charge in [-0.05, 0) is 47.6 Å². The zero-order valence-electron chi connectivity index (χ0n) is 15.9. The molecule has 0 bridgehead atoms. The van der Waals surface area contributed by atoms with E-state index >= 15 is 0 Å². The van der Waals surface area contributed by atoms with E-state index in [9.17, 15) is 4.79 Å². The number of nitrogens with one attached hydrogen (secondary N) is 2. The van der Waals surface area contributed by atoms with Crippen LogP contribution in [0, 0.1) is 5.92 Å². The quantitative estimate of drug-likeness (QED) is 0.787. The number of carbonyl (C=O) groups excluding carboxylic acids is 1. The number of anilines is 2. The molecule has 0 saturated carbocycles. The van der Waals surface area contributed by atoms with E-state index in [1.54, 1.807) is 12.3 Å². The smallest absolute Gasteiger partial charge is 0.269 e. The van der Waals surface area contributed by atoms with Crippen molar-refractivity contribution in [2.75, 3.05) is 11.9 Å². The maximum atomic E-state index is 12.0. The average Bonchev–Trinajstić information content (AvgIpc) is 2.55. The summed E-state index contributed by atoms with van der Waals surface area (Å²) >= 11 is 0. The van der Waals surface area contributed by atoms with Gasteiger partial charge in [-0.25, -0.2) is 4.98 Å². The first kappa shape index (κ1) is 19.0. The van der Waals surface area contributed by atoms with Crippen molar-refractivity contribution in [2.24, 2.45) is 5.92 Å². The normalized spacial score (nSPS) is 11.4. The van der Waals surface area contributed by atoms with Gasteiger partial charge in [0.1, 0.15) is 5.69 Å². The lowest BCUT2D eigenvalue weighted by Crippen LogP contribution is -2.26. The SMILES string of the molecule is CC(C)CCNC(=O)c1ccc(Nc2ccc(C(C)(C)C)cc2)cn1. The summed E-state index contributed by atoms with van der Waals surface area (Å²) in [6.45, 7) is 11.6. The first-order chi connectivity index (χ1) is 11.8. The molecule has 134 valence electrons. The van der Waals surface area contributed by atoms with E-state index in [0.717, 1.165) is 17.8 Å². The zero-order chi connectivity index (χ0) is 18.4. The summed E-state index contributed by atoms with van der Waals surface area (Å²) in [6.07, 6.45) is 2.66. The van der Waals surface area contributed by atoms with Crippen LogP contribution >= 0.6 is 0 Å². The van der Waals surface area contributed by atoms with Gasteiger partial charge in [-0.1, -0.05) is 46.8 Å². The molecule has 0 aliphatic carbocycles. The van der Waals surface area contributed by atoms with Crippen LogP contribution in [0.25, 0.3) is 0 Å². The molecule has 0 aliphatic rings. The van der Waals surface area contributed by atoms with Gasteiger partial charge < -0.3 is 10.6 Å². The minimum Gasteiger partial charge on any atom is -0.354 e. The average molecular weight is 339 g/mol. The molecule has 0 spiro atoms. The second kappa shape index (κ2) is 8.15. The molecule has 0 saturated heterocycles. The number of pyridine rings is 1. The third-order valence-corrected chi connectivity index (χ3v) is 4.04.